The molecule has 2 aromatic heterocycles. The van der Waals surface area contributed by atoms with Gasteiger partial charge in [-0.2, -0.15) is 0 Å². The number of rotatable bonds is 3. The molecule has 146 valence electrons. The van der Waals surface area contributed by atoms with Gasteiger partial charge in [0.25, 0.3) is 5.91 Å². The maximum Gasteiger partial charge on any atom is 0.254 e. The van der Waals surface area contributed by atoms with Gasteiger partial charge < -0.3 is 14.4 Å². The third-order valence-corrected chi connectivity index (χ3v) is 5.45. The lowest BCUT2D eigenvalue weighted by Crippen LogP contribution is -2.39. The quantitative estimate of drug-likeness (QED) is 0.685. The second kappa shape index (κ2) is 7.50. The lowest BCUT2D eigenvalue weighted by molar-refractivity contribution is 0.0705. The van der Waals surface area contributed by atoms with Crippen LogP contribution in [0.4, 0.5) is 0 Å². The summed E-state index contributed by atoms with van der Waals surface area (Å²) in [5, 5.41) is 0. The molecule has 0 saturated carbocycles. The number of carbonyl (C=O) groups is 1. The summed E-state index contributed by atoms with van der Waals surface area (Å²) in [7, 11) is 0. The van der Waals surface area contributed by atoms with E-state index in [-0.39, 0.29) is 18.6 Å². The largest absolute Gasteiger partial charge is 0.454 e. The van der Waals surface area contributed by atoms with Gasteiger partial charge >= 0.3 is 0 Å². The molecule has 0 bridgehead atoms. The molecule has 1 fully saturated rings. The van der Waals surface area contributed by atoms with Gasteiger partial charge in [0.2, 0.25) is 6.79 Å². The molecule has 1 unspecified atom stereocenters. The van der Waals surface area contributed by atoms with Gasteiger partial charge in [-0.15, -0.1) is 0 Å². The number of nitrogens with zero attached hydrogens (tertiary/aromatic N) is 4. The van der Waals surface area contributed by atoms with Crippen molar-refractivity contribution in [3.05, 3.63) is 66.5 Å². The minimum absolute atomic E-state index is 0.00696. The number of hydrogen-bond donors (Lipinski definition) is 0. The Kier molecular flexibility index (Phi) is 4.56. The summed E-state index contributed by atoms with van der Waals surface area (Å²) >= 11 is 0. The highest BCUT2D eigenvalue weighted by Crippen LogP contribution is 2.35. The fourth-order valence-corrected chi connectivity index (χ4v) is 4.02. The van der Waals surface area contributed by atoms with Gasteiger partial charge in [0.1, 0.15) is 6.33 Å². The summed E-state index contributed by atoms with van der Waals surface area (Å²) in [4.78, 5) is 27.9. The fourth-order valence-electron chi connectivity index (χ4n) is 4.02. The van der Waals surface area contributed by atoms with E-state index >= 15 is 0 Å². The second-order valence-electron chi connectivity index (χ2n) is 7.22. The number of benzene rings is 1. The van der Waals surface area contributed by atoms with Gasteiger partial charge in [0.15, 0.2) is 11.5 Å². The van der Waals surface area contributed by atoms with Crippen molar-refractivity contribution in [1.29, 1.82) is 0 Å². The lowest BCUT2D eigenvalue weighted by atomic mass is 9.90. The molecule has 1 saturated heterocycles. The number of pyridine rings is 1. The highest BCUT2D eigenvalue weighted by Gasteiger charge is 2.29. The van der Waals surface area contributed by atoms with Crippen molar-refractivity contribution in [2.75, 3.05) is 19.9 Å². The van der Waals surface area contributed by atoms with E-state index in [1.807, 2.05) is 23.2 Å². The van der Waals surface area contributed by atoms with E-state index in [0.29, 0.717) is 23.6 Å². The molecule has 2 aliphatic rings. The first-order valence-electron chi connectivity index (χ1n) is 9.69. The van der Waals surface area contributed by atoms with Crippen molar-refractivity contribution in [2.45, 2.75) is 18.8 Å². The standard InChI is InChI=1S/C22H20N4O3/c27-22(16-3-4-19-20(10-16)29-14-28-19)26-9-1-2-17(12-26)21-18(11-24-13-25-21)15-5-7-23-8-6-15/h3-8,10-11,13,17H,1-2,9,12,14H2. The molecule has 1 aromatic carbocycles. The van der Waals surface area contributed by atoms with Crippen molar-refractivity contribution < 1.29 is 14.3 Å². The molecule has 7 heteroatoms. The number of aromatic nitrogens is 3. The monoisotopic (exact) mass is 388 g/mol. The van der Waals surface area contributed by atoms with Crippen LogP contribution in [0.1, 0.15) is 34.8 Å². The van der Waals surface area contributed by atoms with E-state index < -0.39 is 0 Å². The van der Waals surface area contributed by atoms with E-state index in [9.17, 15) is 4.79 Å². The summed E-state index contributed by atoms with van der Waals surface area (Å²) in [5.41, 5.74) is 3.63. The van der Waals surface area contributed by atoms with Crippen LogP contribution < -0.4 is 9.47 Å². The lowest BCUT2D eigenvalue weighted by Gasteiger charge is -2.33. The number of likely N-dealkylation sites (tertiary alicyclic amines) is 1. The molecule has 0 radical (unpaired) electrons. The molecular formula is C22H20N4O3. The van der Waals surface area contributed by atoms with Gasteiger partial charge in [-0.1, -0.05) is 0 Å². The zero-order valence-corrected chi connectivity index (χ0v) is 15.8. The number of piperidine rings is 1. The Labute approximate surface area is 168 Å². The smallest absolute Gasteiger partial charge is 0.254 e. The van der Waals surface area contributed by atoms with Gasteiger partial charge in [-0.3, -0.25) is 9.78 Å². The Morgan fingerprint density at radius 1 is 1.07 bits per heavy atom. The van der Waals surface area contributed by atoms with Crippen LogP contribution in [0.2, 0.25) is 0 Å². The number of amides is 1. The summed E-state index contributed by atoms with van der Waals surface area (Å²) in [5.74, 6) is 1.47. The third-order valence-electron chi connectivity index (χ3n) is 5.45. The molecule has 4 heterocycles. The number of fused-ring (bicyclic) bond motifs is 1. The van der Waals surface area contributed by atoms with Crippen molar-refractivity contribution in [3.8, 4) is 22.6 Å². The van der Waals surface area contributed by atoms with Crippen LogP contribution in [-0.2, 0) is 0 Å². The maximum atomic E-state index is 13.1. The van der Waals surface area contributed by atoms with E-state index in [1.54, 1.807) is 36.9 Å². The second-order valence-corrected chi connectivity index (χ2v) is 7.22. The first-order chi connectivity index (χ1) is 14.3. The van der Waals surface area contributed by atoms with E-state index in [0.717, 1.165) is 36.2 Å². The Balaban J connectivity index is 1.40. The van der Waals surface area contributed by atoms with Crippen molar-refractivity contribution in [1.82, 2.24) is 19.9 Å². The number of ether oxygens (including phenoxy) is 2. The Hall–Kier alpha value is -3.48. The van der Waals surface area contributed by atoms with Crippen LogP contribution in [0, 0.1) is 0 Å². The predicted octanol–water partition coefficient (Wildman–Crippen LogP) is 3.29. The topological polar surface area (TPSA) is 77.4 Å². The van der Waals surface area contributed by atoms with Gasteiger partial charge in [0.05, 0.1) is 5.69 Å². The molecular weight excluding hydrogens is 368 g/mol. The molecule has 5 rings (SSSR count). The van der Waals surface area contributed by atoms with Crippen LogP contribution in [-0.4, -0.2) is 45.6 Å². The third kappa shape index (κ3) is 3.40. The molecule has 0 N–H and O–H groups in total. The SMILES string of the molecule is O=C(c1ccc2c(c1)OCO2)N1CCCC(c2ncncc2-c2ccncc2)C1. The normalized spacial score (nSPS) is 17.9. The molecule has 3 aromatic rings. The first kappa shape index (κ1) is 17.6. The van der Waals surface area contributed by atoms with Crippen LogP contribution in [0.3, 0.4) is 0 Å². The predicted molar refractivity (Wildman–Crippen MR) is 106 cm³/mol. The maximum absolute atomic E-state index is 13.1. The van der Waals surface area contributed by atoms with Crippen molar-refractivity contribution in [2.24, 2.45) is 0 Å². The summed E-state index contributed by atoms with van der Waals surface area (Å²) in [6, 6.07) is 9.28. The van der Waals surface area contributed by atoms with Crippen LogP contribution in [0.15, 0.2) is 55.2 Å². The van der Waals surface area contributed by atoms with Crippen molar-refractivity contribution >= 4 is 5.91 Å². The van der Waals surface area contributed by atoms with Gasteiger partial charge in [0, 0.05) is 48.7 Å². The van der Waals surface area contributed by atoms with Gasteiger partial charge in [-0.05, 0) is 48.7 Å². The molecule has 7 nitrogen and oxygen atoms in total. The van der Waals surface area contributed by atoms with E-state index in [4.69, 9.17) is 9.47 Å². The zero-order chi connectivity index (χ0) is 19.6. The Morgan fingerprint density at radius 2 is 1.93 bits per heavy atom. The molecule has 2 aliphatic heterocycles. The molecule has 0 aliphatic carbocycles. The Bertz CT molecular complexity index is 1040. The average molecular weight is 388 g/mol. The highest BCUT2D eigenvalue weighted by atomic mass is 16.7. The zero-order valence-electron chi connectivity index (χ0n) is 15.8. The van der Waals surface area contributed by atoms with E-state index in [2.05, 4.69) is 15.0 Å². The minimum Gasteiger partial charge on any atom is -0.454 e. The molecule has 29 heavy (non-hydrogen) atoms. The Morgan fingerprint density at radius 3 is 2.83 bits per heavy atom. The molecule has 1 atom stereocenters. The van der Waals surface area contributed by atoms with Crippen molar-refractivity contribution in [3.63, 3.8) is 0 Å². The first-order valence-corrected chi connectivity index (χ1v) is 9.69. The summed E-state index contributed by atoms with van der Waals surface area (Å²) in [6.45, 7) is 1.56. The number of carbonyl (C=O) groups excluding carboxylic acids is 1. The van der Waals surface area contributed by atoms with Crippen LogP contribution in [0.25, 0.3) is 11.1 Å². The number of hydrogen-bond acceptors (Lipinski definition) is 6. The minimum atomic E-state index is 0.00696. The van der Waals surface area contributed by atoms with Crippen LogP contribution >= 0.6 is 0 Å². The summed E-state index contributed by atoms with van der Waals surface area (Å²) < 4.78 is 10.8. The van der Waals surface area contributed by atoms with Crippen LogP contribution in [0.5, 0.6) is 11.5 Å². The average Bonchev–Trinajstić information content (AvgIpc) is 3.27. The van der Waals surface area contributed by atoms with Gasteiger partial charge in [-0.25, -0.2) is 9.97 Å². The fraction of sp³-hybridized carbons (Fsp3) is 0.273. The summed E-state index contributed by atoms with van der Waals surface area (Å²) in [6.07, 6.45) is 8.88. The highest BCUT2D eigenvalue weighted by molar-refractivity contribution is 5.95. The van der Waals surface area contributed by atoms with E-state index in [1.165, 1.54) is 0 Å². The molecule has 1 amide bonds. The molecule has 0 spiro atoms.